The average molecular weight is 132 g/mol. The lowest BCUT2D eigenvalue weighted by atomic mass is 9.94. The molecule has 0 aromatic rings. The first kappa shape index (κ1) is 8.92. The summed E-state index contributed by atoms with van der Waals surface area (Å²) in [4.78, 5) is 0. The lowest BCUT2D eigenvalue weighted by Crippen LogP contribution is -2.14. The molecular formula is C7H16O2. The Morgan fingerprint density at radius 2 is 1.78 bits per heavy atom. The summed E-state index contributed by atoms with van der Waals surface area (Å²) in [7, 11) is 0. The maximum absolute atomic E-state index is 8.72. The number of hydrogen-bond donors (Lipinski definition) is 2. The zero-order valence-electron chi connectivity index (χ0n) is 6.17. The lowest BCUT2D eigenvalue weighted by Gasteiger charge is -2.15. The Bertz CT molecular complexity index is 61.9. The van der Waals surface area contributed by atoms with E-state index in [0.717, 1.165) is 0 Å². The SMILES string of the molecule is CC(C)[C@@H](CO)CCO. The van der Waals surface area contributed by atoms with Crippen molar-refractivity contribution in [2.75, 3.05) is 13.2 Å². The fraction of sp³-hybridized carbons (Fsp3) is 1.00. The largest absolute Gasteiger partial charge is 0.396 e. The molecule has 0 heterocycles. The first-order valence-electron chi connectivity index (χ1n) is 3.44. The molecule has 0 aliphatic rings. The Balaban J connectivity index is 3.41. The van der Waals surface area contributed by atoms with Crippen molar-refractivity contribution < 1.29 is 10.2 Å². The summed E-state index contributed by atoms with van der Waals surface area (Å²) in [5, 5.41) is 17.2. The summed E-state index contributed by atoms with van der Waals surface area (Å²) in [5.74, 6) is 0.747. The average Bonchev–Trinajstić information content (AvgIpc) is 1.82. The highest BCUT2D eigenvalue weighted by molar-refractivity contribution is 4.59. The van der Waals surface area contributed by atoms with Crippen LogP contribution in [0.4, 0.5) is 0 Å². The Labute approximate surface area is 56.5 Å². The second kappa shape index (κ2) is 4.77. The molecule has 9 heavy (non-hydrogen) atoms. The molecule has 2 nitrogen and oxygen atoms in total. The van der Waals surface area contributed by atoms with Crippen molar-refractivity contribution in [2.24, 2.45) is 11.8 Å². The first-order chi connectivity index (χ1) is 4.22. The van der Waals surface area contributed by atoms with Gasteiger partial charge in [-0.2, -0.15) is 0 Å². The van der Waals surface area contributed by atoms with Gasteiger partial charge in [-0.25, -0.2) is 0 Å². The van der Waals surface area contributed by atoms with E-state index in [9.17, 15) is 0 Å². The van der Waals surface area contributed by atoms with Gasteiger partial charge in [-0.1, -0.05) is 13.8 Å². The maximum Gasteiger partial charge on any atom is 0.0462 e. The van der Waals surface area contributed by atoms with Crippen molar-refractivity contribution in [3.63, 3.8) is 0 Å². The minimum Gasteiger partial charge on any atom is -0.396 e. The van der Waals surface area contributed by atoms with E-state index in [4.69, 9.17) is 10.2 Å². The molecule has 0 saturated carbocycles. The molecule has 0 spiro atoms. The molecule has 2 heteroatoms. The van der Waals surface area contributed by atoms with E-state index in [-0.39, 0.29) is 19.1 Å². The van der Waals surface area contributed by atoms with Gasteiger partial charge in [0.1, 0.15) is 0 Å². The predicted octanol–water partition coefficient (Wildman–Crippen LogP) is 0.633. The van der Waals surface area contributed by atoms with E-state index in [1.54, 1.807) is 0 Å². The highest BCUT2D eigenvalue weighted by Crippen LogP contribution is 2.12. The number of aliphatic hydroxyl groups excluding tert-OH is 2. The van der Waals surface area contributed by atoms with Gasteiger partial charge in [0.25, 0.3) is 0 Å². The molecule has 0 rings (SSSR count). The molecule has 0 amide bonds. The summed E-state index contributed by atoms with van der Waals surface area (Å²) in [6, 6.07) is 0. The fourth-order valence-corrected chi connectivity index (χ4v) is 0.801. The third-order valence-electron chi connectivity index (χ3n) is 1.68. The van der Waals surface area contributed by atoms with E-state index in [1.807, 2.05) is 0 Å². The van der Waals surface area contributed by atoms with Gasteiger partial charge < -0.3 is 10.2 Å². The second-order valence-electron chi connectivity index (χ2n) is 2.70. The van der Waals surface area contributed by atoms with Crippen LogP contribution >= 0.6 is 0 Å². The minimum absolute atomic E-state index is 0.184. The lowest BCUT2D eigenvalue weighted by molar-refractivity contribution is 0.152. The van der Waals surface area contributed by atoms with Crippen LogP contribution in [0.15, 0.2) is 0 Å². The van der Waals surface area contributed by atoms with Crippen molar-refractivity contribution >= 4 is 0 Å². The van der Waals surface area contributed by atoms with Crippen LogP contribution in [0.1, 0.15) is 20.3 Å². The highest BCUT2D eigenvalue weighted by Gasteiger charge is 2.09. The minimum atomic E-state index is 0.184. The molecule has 56 valence electrons. The van der Waals surface area contributed by atoms with Crippen LogP contribution in [0.5, 0.6) is 0 Å². The van der Waals surface area contributed by atoms with Crippen LogP contribution in [-0.2, 0) is 0 Å². The summed E-state index contributed by atoms with van der Waals surface area (Å²) >= 11 is 0. The van der Waals surface area contributed by atoms with Gasteiger partial charge in [0.2, 0.25) is 0 Å². The summed E-state index contributed by atoms with van der Waals surface area (Å²) in [6.45, 7) is 4.48. The van der Waals surface area contributed by atoms with Gasteiger partial charge >= 0.3 is 0 Å². The normalized spacial score (nSPS) is 14.3. The molecule has 1 atom stereocenters. The molecule has 0 aliphatic carbocycles. The fourth-order valence-electron chi connectivity index (χ4n) is 0.801. The van der Waals surface area contributed by atoms with Crippen LogP contribution < -0.4 is 0 Å². The van der Waals surface area contributed by atoms with Crippen molar-refractivity contribution in [1.82, 2.24) is 0 Å². The van der Waals surface area contributed by atoms with Crippen molar-refractivity contribution in [2.45, 2.75) is 20.3 Å². The Morgan fingerprint density at radius 1 is 1.22 bits per heavy atom. The third kappa shape index (κ3) is 3.49. The topological polar surface area (TPSA) is 40.5 Å². The van der Waals surface area contributed by atoms with Crippen molar-refractivity contribution in [3.05, 3.63) is 0 Å². The Morgan fingerprint density at radius 3 is 1.89 bits per heavy atom. The molecule has 2 N–H and O–H groups in total. The molecule has 0 aromatic carbocycles. The maximum atomic E-state index is 8.72. The predicted molar refractivity (Wildman–Crippen MR) is 37.1 cm³/mol. The summed E-state index contributed by atoms with van der Waals surface area (Å²) < 4.78 is 0. The van der Waals surface area contributed by atoms with Gasteiger partial charge in [0.15, 0.2) is 0 Å². The van der Waals surface area contributed by atoms with Crippen molar-refractivity contribution in [1.29, 1.82) is 0 Å². The highest BCUT2D eigenvalue weighted by atomic mass is 16.3. The molecule has 0 fully saturated rings. The zero-order valence-corrected chi connectivity index (χ0v) is 6.17. The molecule has 0 saturated heterocycles. The zero-order chi connectivity index (χ0) is 7.28. The molecule has 0 aliphatic heterocycles. The van der Waals surface area contributed by atoms with E-state index in [0.29, 0.717) is 12.3 Å². The molecule has 0 radical (unpaired) electrons. The smallest absolute Gasteiger partial charge is 0.0462 e. The van der Waals surface area contributed by atoms with E-state index < -0.39 is 0 Å². The third-order valence-corrected chi connectivity index (χ3v) is 1.68. The van der Waals surface area contributed by atoms with E-state index >= 15 is 0 Å². The van der Waals surface area contributed by atoms with Crippen molar-refractivity contribution in [3.8, 4) is 0 Å². The summed E-state index contributed by atoms with van der Waals surface area (Å²) in [5.41, 5.74) is 0. The molecular weight excluding hydrogens is 116 g/mol. The van der Waals surface area contributed by atoms with Gasteiger partial charge in [-0.3, -0.25) is 0 Å². The molecule has 0 bridgehead atoms. The molecule has 0 aromatic heterocycles. The number of rotatable bonds is 4. The first-order valence-corrected chi connectivity index (χ1v) is 3.44. The number of aliphatic hydroxyl groups is 2. The summed E-state index contributed by atoms with van der Waals surface area (Å²) in [6.07, 6.45) is 0.716. The quantitative estimate of drug-likeness (QED) is 0.589. The van der Waals surface area contributed by atoms with Gasteiger partial charge in [-0.15, -0.1) is 0 Å². The van der Waals surface area contributed by atoms with E-state index in [2.05, 4.69) is 13.8 Å². The van der Waals surface area contributed by atoms with Crippen LogP contribution in [0.3, 0.4) is 0 Å². The standard InChI is InChI=1S/C7H16O2/c1-6(2)7(5-9)3-4-8/h6-9H,3-5H2,1-2H3/t7-/m1/s1. The monoisotopic (exact) mass is 132 g/mol. The van der Waals surface area contributed by atoms with Gasteiger partial charge in [-0.05, 0) is 18.3 Å². The van der Waals surface area contributed by atoms with Crippen LogP contribution in [0, 0.1) is 11.8 Å². The second-order valence-corrected chi connectivity index (χ2v) is 2.70. The Kier molecular flexibility index (Phi) is 4.72. The van der Waals surface area contributed by atoms with Gasteiger partial charge in [0.05, 0.1) is 0 Å². The Hall–Kier alpha value is -0.0800. The van der Waals surface area contributed by atoms with Gasteiger partial charge in [0, 0.05) is 13.2 Å². The molecule has 0 unspecified atom stereocenters. The number of hydrogen-bond acceptors (Lipinski definition) is 2. The van der Waals surface area contributed by atoms with Crippen LogP contribution in [-0.4, -0.2) is 23.4 Å². The van der Waals surface area contributed by atoms with Crippen LogP contribution in [0.2, 0.25) is 0 Å². The van der Waals surface area contributed by atoms with E-state index in [1.165, 1.54) is 0 Å². The van der Waals surface area contributed by atoms with Crippen LogP contribution in [0.25, 0.3) is 0 Å².